The first-order valence-electron chi connectivity index (χ1n) is 27.8. The van der Waals surface area contributed by atoms with Gasteiger partial charge in [-0.25, -0.2) is 0 Å². The molecular formula is C78H46O2. The van der Waals surface area contributed by atoms with Crippen molar-refractivity contribution in [2.75, 3.05) is 0 Å². The smallest absolute Gasteiger partial charge is 0.132 e. The molecule has 18 rings (SSSR count). The van der Waals surface area contributed by atoms with Gasteiger partial charge in [-0.2, -0.15) is 0 Å². The average molecular weight is 1020 g/mol. The molecule has 0 saturated carbocycles. The lowest BCUT2D eigenvalue weighted by atomic mass is 9.66. The van der Waals surface area contributed by atoms with Gasteiger partial charge in [-0.15, -0.1) is 0 Å². The van der Waals surface area contributed by atoms with E-state index in [1.807, 2.05) is 0 Å². The van der Waals surface area contributed by atoms with E-state index in [1.165, 1.54) is 121 Å². The van der Waals surface area contributed by atoms with Crippen molar-refractivity contribution >= 4 is 43.1 Å². The topological polar surface area (TPSA) is 18.5 Å². The van der Waals surface area contributed by atoms with E-state index in [0.29, 0.717) is 0 Å². The minimum atomic E-state index is -0.597. The van der Waals surface area contributed by atoms with Crippen molar-refractivity contribution in [3.8, 4) is 78.6 Å². The molecule has 0 N–H and O–H groups in total. The monoisotopic (exact) mass is 1010 g/mol. The van der Waals surface area contributed by atoms with Gasteiger partial charge in [-0.3, -0.25) is 0 Å². The summed E-state index contributed by atoms with van der Waals surface area (Å²) < 4.78 is 13.5. The molecule has 2 heteroatoms. The molecule has 0 saturated heterocycles. The number of benzene rings is 14. The fourth-order valence-corrected chi connectivity index (χ4v) is 15.4. The lowest BCUT2D eigenvalue weighted by Gasteiger charge is -2.39. The first-order chi connectivity index (χ1) is 39.7. The molecule has 0 unspecified atom stereocenters. The predicted molar refractivity (Wildman–Crippen MR) is 328 cm³/mol. The van der Waals surface area contributed by atoms with Crippen LogP contribution in [0.4, 0.5) is 0 Å². The van der Waals surface area contributed by atoms with Crippen LogP contribution in [0.3, 0.4) is 0 Å². The summed E-state index contributed by atoms with van der Waals surface area (Å²) in [4.78, 5) is 0. The SMILES string of the molecule is c1ccc2c(c1)Oc1ccccc1C21c2ccccc2-c2c(-c3cccc4c(-c5cc6ccccc6c6ccccc56)c5cccc(-c6cccc7c6-c6ccccc6C76c7ccccc7Oc7ccccc76)c5cc34)cccc21. The molecule has 0 atom stereocenters. The van der Waals surface area contributed by atoms with Crippen LogP contribution >= 0.6 is 0 Å². The van der Waals surface area contributed by atoms with Crippen LogP contribution in [0.15, 0.2) is 279 Å². The molecular weight excluding hydrogens is 969 g/mol. The van der Waals surface area contributed by atoms with E-state index in [4.69, 9.17) is 9.47 Å². The zero-order chi connectivity index (χ0) is 52.3. The van der Waals surface area contributed by atoms with Crippen molar-refractivity contribution in [3.05, 3.63) is 324 Å². The molecule has 14 aromatic carbocycles. The third kappa shape index (κ3) is 5.52. The number of ether oxygens (including phenoxy) is 2. The van der Waals surface area contributed by atoms with Gasteiger partial charge in [-0.05, 0) is 157 Å². The largest absolute Gasteiger partial charge is 0.457 e. The number of para-hydroxylation sites is 4. The van der Waals surface area contributed by atoms with Crippen molar-refractivity contribution in [2.45, 2.75) is 10.8 Å². The number of hydrogen-bond acceptors (Lipinski definition) is 2. The van der Waals surface area contributed by atoms with Crippen LogP contribution < -0.4 is 9.47 Å². The van der Waals surface area contributed by atoms with Crippen LogP contribution in [0.2, 0.25) is 0 Å². The highest BCUT2D eigenvalue weighted by Crippen LogP contribution is 2.66. The summed E-state index contributed by atoms with van der Waals surface area (Å²) in [6.07, 6.45) is 0. The lowest BCUT2D eigenvalue weighted by Crippen LogP contribution is -2.32. The summed E-state index contributed by atoms with van der Waals surface area (Å²) in [5.74, 6) is 3.56. The van der Waals surface area contributed by atoms with Crippen LogP contribution in [0.1, 0.15) is 44.5 Å². The fourth-order valence-electron chi connectivity index (χ4n) is 15.4. The van der Waals surface area contributed by atoms with Crippen molar-refractivity contribution in [2.24, 2.45) is 0 Å². The third-order valence-corrected chi connectivity index (χ3v) is 18.4. The lowest BCUT2D eigenvalue weighted by molar-refractivity contribution is 0.436. The second-order valence-corrected chi connectivity index (χ2v) is 22.0. The Morgan fingerprint density at radius 2 is 0.525 bits per heavy atom. The van der Waals surface area contributed by atoms with E-state index in [0.717, 1.165) is 45.3 Å². The molecule has 2 spiro atoms. The van der Waals surface area contributed by atoms with Gasteiger partial charge in [0.25, 0.3) is 0 Å². The average Bonchev–Trinajstić information content (AvgIpc) is 3.20. The van der Waals surface area contributed by atoms with Crippen LogP contribution in [-0.2, 0) is 10.8 Å². The molecule has 2 aliphatic heterocycles. The first kappa shape index (κ1) is 43.8. The van der Waals surface area contributed by atoms with Gasteiger partial charge in [0.2, 0.25) is 0 Å². The van der Waals surface area contributed by atoms with Crippen molar-refractivity contribution < 1.29 is 9.47 Å². The Kier molecular flexibility index (Phi) is 8.83. The molecule has 14 aromatic rings. The molecule has 0 amide bonds. The van der Waals surface area contributed by atoms with E-state index in [9.17, 15) is 0 Å². The van der Waals surface area contributed by atoms with Crippen LogP contribution in [0.25, 0.3) is 98.7 Å². The Labute approximate surface area is 463 Å². The van der Waals surface area contributed by atoms with Crippen molar-refractivity contribution in [1.29, 1.82) is 0 Å². The van der Waals surface area contributed by atoms with Gasteiger partial charge in [0.15, 0.2) is 0 Å². The zero-order valence-electron chi connectivity index (χ0n) is 43.4. The zero-order valence-corrected chi connectivity index (χ0v) is 43.4. The maximum absolute atomic E-state index is 6.77. The summed E-state index contributed by atoms with van der Waals surface area (Å²) in [5.41, 5.74) is 20.8. The summed E-state index contributed by atoms with van der Waals surface area (Å²) in [7, 11) is 0. The fraction of sp³-hybridized carbons (Fsp3) is 0.0256. The molecule has 4 aliphatic rings. The Bertz CT molecular complexity index is 4690. The van der Waals surface area contributed by atoms with E-state index in [2.05, 4.69) is 279 Å². The van der Waals surface area contributed by atoms with Crippen molar-refractivity contribution in [1.82, 2.24) is 0 Å². The second kappa shape index (κ2) is 16.1. The number of fused-ring (bicyclic) bond motifs is 23. The Balaban J connectivity index is 0.970. The van der Waals surface area contributed by atoms with Gasteiger partial charge < -0.3 is 9.47 Å². The molecule has 0 fully saturated rings. The molecule has 0 bridgehead atoms. The molecule has 0 radical (unpaired) electrons. The molecule has 2 nitrogen and oxygen atoms in total. The third-order valence-electron chi connectivity index (χ3n) is 18.4. The molecule has 80 heavy (non-hydrogen) atoms. The van der Waals surface area contributed by atoms with Crippen LogP contribution in [-0.4, -0.2) is 0 Å². The maximum atomic E-state index is 6.77. The van der Waals surface area contributed by atoms with Gasteiger partial charge in [0, 0.05) is 22.3 Å². The number of hydrogen-bond donors (Lipinski definition) is 0. The van der Waals surface area contributed by atoms with Crippen LogP contribution in [0.5, 0.6) is 23.0 Å². The minimum Gasteiger partial charge on any atom is -0.457 e. The minimum absolute atomic E-state index is 0.597. The highest BCUT2D eigenvalue weighted by Gasteiger charge is 2.53. The van der Waals surface area contributed by atoms with E-state index in [1.54, 1.807) is 0 Å². The first-order valence-corrected chi connectivity index (χ1v) is 27.8. The van der Waals surface area contributed by atoms with Gasteiger partial charge in [0.1, 0.15) is 23.0 Å². The molecule has 370 valence electrons. The Morgan fingerprint density at radius 3 is 1.01 bits per heavy atom. The molecule has 2 aliphatic carbocycles. The quantitative estimate of drug-likeness (QED) is 0.130. The summed E-state index contributed by atoms with van der Waals surface area (Å²) >= 11 is 0. The summed E-state index contributed by atoms with van der Waals surface area (Å²) in [6.45, 7) is 0. The number of rotatable bonds is 3. The van der Waals surface area contributed by atoms with Crippen molar-refractivity contribution in [3.63, 3.8) is 0 Å². The molecule has 0 aromatic heterocycles. The van der Waals surface area contributed by atoms with Crippen LogP contribution in [0, 0.1) is 0 Å². The Hall–Kier alpha value is -10.3. The summed E-state index contributed by atoms with van der Waals surface area (Å²) in [5, 5.41) is 9.79. The van der Waals surface area contributed by atoms with E-state index in [-0.39, 0.29) is 0 Å². The highest BCUT2D eigenvalue weighted by atomic mass is 16.5. The normalized spacial score (nSPS) is 14.2. The van der Waals surface area contributed by atoms with E-state index < -0.39 is 10.8 Å². The maximum Gasteiger partial charge on any atom is 0.132 e. The summed E-state index contributed by atoms with van der Waals surface area (Å²) in [6, 6.07) is 104. The predicted octanol–water partition coefficient (Wildman–Crippen LogP) is 20.2. The van der Waals surface area contributed by atoms with Gasteiger partial charge >= 0.3 is 0 Å². The van der Waals surface area contributed by atoms with Gasteiger partial charge in [0.05, 0.1) is 10.8 Å². The molecule has 2 heterocycles. The van der Waals surface area contributed by atoms with E-state index >= 15 is 0 Å². The highest BCUT2D eigenvalue weighted by molar-refractivity contribution is 6.25. The standard InChI is InChI=1S/C78H46O2/c1-2-22-48-47(21-1)45-61(50-24-4-3-23-49(48)50)74-55-29-17-27-51(53-31-19-39-68-75(53)57-25-5-7-33-62(57)77(68)64-35-9-13-41-70(64)79-71-42-14-10-36-65(71)77)59(55)46-60-52(28-18-30-56(60)74)54-32-20-40-69-76(54)58-26-6-8-34-63(58)78(69)66-37-11-15-43-72(66)80-73-44-16-12-38-67(73)78/h1-46H. The Morgan fingerprint density at radius 1 is 0.188 bits per heavy atom. The second-order valence-electron chi connectivity index (χ2n) is 22.0. The van der Waals surface area contributed by atoms with Gasteiger partial charge in [-0.1, -0.05) is 243 Å².